The Labute approximate surface area is 122 Å². The average molecular weight is 290 g/mol. The van der Waals surface area contributed by atoms with Crippen molar-refractivity contribution in [3.63, 3.8) is 0 Å². The van der Waals surface area contributed by atoms with E-state index in [-0.39, 0.29) is 5.84 Å². The Kier molecular flexibility index (Phi) is 5.15. The molecule has 0 spiro atoms. The number of methoxy groups -OCH3 is 1. The summed E-state index contributed by atoms with van der Waals surface area (Å²) in [5, 5.41) is 9.53. The predicted molar refractivity (Wildman–Crippen MR) is 81.7 cm³/mol. The lowest BCUT2D eigenvalue weighted by Crippen LogP contribution is -2.12. The molecular weight excluding hydrogens is 272 g/mol. The van der Waals surface area contributed by atoms with Crippen LogP contribution >= 0.6 is 11.3 Å². The van der Waals surface area contributed by atoms with Crippen LogP contribution in [0.1, 0.15) is 16.0 Å². The Morgan fingerprint density at radius 1 is 1.35 bits per heavy atom. The lowest BCUT2D eigenvalue weighted by molar-refractivity contribution is 0.122. The number of ether oxygens (including phenoxy) is 2. The van der Waals surface area contributed by atoms with Gasteiger partial charge in [-0.1, -0.05) is 6.07 Å². The Morgan fingerprint density at radius 2 is 2.20 bits per heavy atom. The molecule has 0 fully saturated rings. The largest absolute Gasteiger partial charge is 0.496 e. The second-order valence-electron chi connectivity index (χ2n) is 4.32. The fourth-order valence-corrected chi connectivity index (χ4v) is 2.56. The van der Waals surface area contributed by atoms with Gasteiger partial charge in [-0.3, -0.25) is 5.41 Å². The molecular formula is C15H18N2O2S. The summed E-state index contributed by atoms with van der Waals surface area (Å²) in [6.07, 6.45) is 0.909. The van der Waals surface area contributed by atoms with Gasteiger partial charge < -0.3 is 15.2 Å². The fourth-order valence-electron chi connectivity index (χ4n) is 1.87. The number of nitrogen functional groups attached to an aromatic ring is 1. The lowest BCUT2D eigenvalue weighted by Gasteiger charge is -2.10. The molecule has 106 valence electrons. The van der Waals surface area contributed by atoms with Gasteiger partial charge in [-0.2, -0.15) is 0 Å². The first-order chi connectivity index (χ1) is 9.70. The van der Waals surface area contributed by atoms with E-state index in [0.717, 1.165) is 17.7 Å². The number of hydrogen-bond donors (Lipinski definition) is 2. The van der Waals surface area contributed by atoms with E-state index in [9.17, 15) is 0 Å². The van der Waals surface area contributed by atoms with Crippen LogP contribution in [0.25, 0.3) is 0 Å². The third kappa shape index (κ3) is 3.82. The van der Waals surface area contributed by atoms with Crippen molar-refractivity contribution in [2.24, 2.45) is 5.73 Å². The summed E-state index contributed by atoms with van der Waals surface area (Å²) >= 11 is 1.73. The first-order valence-corrected chi connectivity index (χ1v) is 7.20. The van der Waals surface area contributed by atoms with Crippen LogP contribution in [-0.4, -0.2) is 19.6 Å². The van der Waals surface area contributed by atoms with Gasteiger partial charge in [-0.05, 0) is 29.6 Å². The van der Waals surface area contributed by atoms with Crippen LogP contribution in [0.5, 0.6) is 5.75 Å². The molecule has 1 aromatic carbocycles. The summed E-state index contributed by atoms with van der Waals surface area (Å²) in [6.45, 7) is 1.11. The zero-order chi connectivity index (χ0) is 14.4. The summed E-state index contributed by atoms with van der Waals surface area (Å²) < 4.78 is 11.0. The molecule has 5 heteroatoms. The van der Waals surface area contributed by atoms with Crippen molar-refractivity contribution >= 4 is 17.2 Å². The van der Waals surface area contributed by atoms with Crippen LogP contribution in [0.15, 0.2) is 35.7 Å². The van der Waals surface area contributed by atoms with Crippen molar-refractivity contribution in [3.05, 3.63) is 51.7 Å². The maximum atomic E-state index is 7.46. The third-order valence-corrected chi connectivity index (χ3v) is 3.86. The van der Waals surface area contributed by atoms with Crippen LogP contribution < -0.4 is 10.5 Å². The highest BCUT2D eigenvalue weighted by atomic mass is 32.1. The second kappa shape index (κ2) is 7.07. The van der Waals surface area contributed by atoms with Gasteiger partial charge in [0.25, 0.3) is 0 Å². The second-order valence-corrected chi connectivity index (χ2v) is 5.35. The van der Waals surface area contributed by atoms with E-state index in [2.05, 4.69) is 11.4 Å². The molecule has 3 N–H and O–H groups in total. The van der Waals surface area contributed by atoms with Gasteiger partial charge >= 0.3 is 0 Å². The van der Waals surface area contributed by atoms with Crippen molar-refractivity contribution in [1.82, 2.24) is 0 Å². The van der Waals surface area contributed by atoms with E-state index in [1.165, 1.54) is 4.88 Å². The highest BCUT2D eigenvalue weighted by Gasteiger charge is 2.06. The maximum Gasteiger partial charge on any atom is 0.124 e. The Hall–Kier alpha value is -1.85. The number of nitrogens with two attached hydrogens (primary N) is 1. The topological polar surface area (TPSA) is 68.3 Å². The minimum Gasteiger partial charge on any atom is -0.496 e. The minimum absolute atomic E-state index is 0.0486. The molecule has 1 heterocycles. The van der Waals surface area contributed by atoms with Crippen molar-refractivity contribution in [2.45, 2.75) is 13.0 Å². The number of nitrogens with one attached hydrogen (secondary N) is 1. The number of thiophene rings is 1. The maximum absolute atomic E-state index is 7.46. The molecule has 0 amide bonds. The predicted octanol–water partition coefficient (Wildman–Crippen LogP) is 2.80. The highest BCUT2D eigenvalue weighted by molar-refractivity contribution is 7.09. The molecule has 0 bridgehead atoms. The van der Waals surface area contributed by atoms with Crippen LogP contribution in [0.4, 0.5) is 0 Å². The summed E-state index contributed by atoms with van der Waals surface area (Å²) in [4.78, 5) is 1.31. The van der Waals surface area contributed by atoms with E-state index < -0.39 is 0 Å². The van der Waals surface area contributed by atoms with Crippen molar-refractivity contribution < 1.29 is 9.47 Å². The minimum atomic E-state index is 0.0486. The van der Waals surface area contributed by atoms with Gasteiger partial charge in [0, 0.05) is 22.4 Å². The van der Waals surface area contributed by atoms with Crippen molar-refractivity contribution in [1.29, 1.82) is 5.41 Å². The van der Waals surface area contributed by atoms with Gasteiger partial charge in [0.15, 0.2) is 0 Å². The van der Waals surface area contributed by atoms with E-state index in [1.54, 1.807) is 24.5 Å². The van der Waals surface area contributed by atoms with E-state index >= 15 is 0 Å². The Morgan fingerprint density at radius 3 is 2.85 bits per heavy atom. The normalized spacial score (nSPS) is 10.4. The highest BCUT2D eigenvalue weighted by Crippen LogP contribution is 2.21. The van der Waals surface area contributed by atoms with Gasteiger partial charge in [0.2, 0.25) is 0 Å². The van der Waals surface area contributed by atoms with E-state index in [1.807, 2.05) is 18.2 Å². The number of rotatable bonds is 7. The van der Waals surface area contributed by atoms with Gasteiger partial charge in [0.05, 0.1) is 20.3 Å². The zero-order valence-electron chi connectivity index (χ0n) is 11.4. The van der Waals surface area contributed by atoms with E-state index in [0.29, 0.717) is 18.8 Å². The molecule has 20 heavy (non-hydrogen) atoms. The lowest BCUT2D eigenvalue weighted by atomic mass is 10.1. The first kappa shape index (κ1) is 14.6. The SMILES string of the molecule is COc1ccc(C(=N)N)cc1COCCc1cccs1. The molecule has 2 aromatic rings. The summed E-state index contributed by atoms with van der Waals surface area (Å²) in [7, 11) is 1.62. The Bertz CT molecular complexity index is 567. The average Bonchev–Trinajstić information content (AvgIpc) is 2.96. The molecule has 1 aromatic heterocycles. The van der Waals surface area contributed by atoms with Gasteiger partial charge in [0.1, 0.15) is 11.6 Å². The van der Waals surface area contributed by atoms with Crippen molar-refractivity contribution in [2.75, 3.05) is 13.7 Å². The number of benzene rings is 1. The number of hydrogen-bond acceptors (Lipinski definition) is 4. The summed E-state index contributed by atoms with van der Waals surface area (Å²) in [5.74, 6) is 0.804. The monoisotopic (exact) mass is 290 g/mol. The van der Waals surface area contributed by atoms with Crippen LogP contribution in [0.3, 0.4) is 0 Å². The van der Waals surface area contributed by atoms with Gasteiger partial charge in [-0.15, -0.1) is 11.3 Å². The molecule has 0 aliphatic carbocycles. The fraction of sp³-hybridized carbons (Fsp3) is 0.267. The Balaban J connectivity index is 1.93. The molecule has 4 nitrogen and oxygen atoms in total. The smallest absolute Gasteiger partial charge is 0.124 e. The molecule has 0 atom stereocenters. The van der Waals surface area contributed by atoms with E-state index in [4.69, 9.17) is 20.6 Å². The molecule has 0 unspecified atom stereocenters. The third-order valence-electron chi connectivity index (χ3n) is 2.92. The zero-order valence-corrected chi connectivity index (χ0v) is 12.2. The molecule has 0 aliphatic rings. The molecule has 0 aliphatic heterocycles. The quantitative estimate of drug-likeness (QED) is 0.468. The first-order valence-electron chi connectivity index (χ1n) is 6.32. The van der Waals surface area contributed by atoms with Crippen LogP contribution in [-0.2, 0) is 17.8 Å². The summed E-state index contributed by atoms with van der Waals surface area (Å²) in [5.41, 5.74) is 7.09. The molecule has 0 saturated heterocycles. The van der Waals surface area contributed by atoms with Crippen LogP contribution in [0, 0.1) is 5.41 Å². The molecule has 2 rings (SSSR count). The standard InChI is InChI=1S/C15H18N2O2S/c1-18-14-5-4-11(15(16)17)9-12(14)10-19-7-6-13-3-2-8-20-13/h2-5,8-9H,6-7,10H2,1H3,(H3,16,17). The summed E-state index contributed by atoms with van der Waals surface area (Å²) in [6, 6.07) is 9.57. The van der Waals surface area contributed by atoms with Gasteiger partial charge in [-0.25, -0.2) is 0 Å². The molecule has 0 saturated carbocycles. The molecule has 0 radical (unpaired) electrons. The van der Waals surface area contributed by atoms with Crippen LogP contribution in [0.2, 0.25) is 0 Å². The number of amidine groups is 1. The van der Waals surface area contributed by atoms with Crippen molar-refractivity contribution in [3.8, 4) is 5.75 Å².